The number of carbonyl (C=O) groups is 2. The van der Waals surface area contributed by atoms with E-state index in [0.717, 1.165) is 6.42 Å². The van der Waals surface area contributed by atoms with Crippen molar-refractivity contribution in [3.05, 3.63) is 35.9 Å². The minimum Gasteiger partial charge on any atom is -0.348 e. The largest absolute Gasteiger partial charge is 0.348 e. The molecular weight excluding hydrogens is 280 g/mol. The molecule has 118 valence electrons. The fourth-order valence-corrected chi connectivity index (χ4v) is 2.09. The van der Waals surface area contributed by atoms with E-state index in [-0.39, 0.29) is 35.4 Å². The molecule has 0 aliphatic carbocycles. The average Bonchev–Trinajstić information content (AvgIpc) is 2.86. The minimum atomic E-state index is -0.279. The summed E-state index contributed by atoms with van der Waals surface area (Å²) in [6.07, 6.45) is 2.57. The molecule has 2 rings (SSSR count). The zero-order valence-corrected chi connectivity index (χ0v) is 13.4. The van der Waals surface area contributed by atoms with E-state index in [1.165, 1.54) is 0 Å². The predicted octanol–water partition coefficient (Wildman–Crippen LogP) is 2.00. The maximum absolute atomic E-state index is 12.4. The Kier molecular flexibility index (Phi) is 4.80. The standard InChI is InChI=1S/C16H22N4O2/c1-5-11(4)18-16(22)14-19-13(15(21)17-10(2)3)12-8-6-7-9-20(12)14/h6-11H,5H2,1-4H3,(H,17,21)(H,18,22). The number of carbonyl (C=O) groups excluding carboxylic acids is 2. The van der Waals surface area contributed by atoms with Gasteiger partial charge in [0, 0.05) is 18.3 Å². The van der Waals surface area contributed by atoms with Gasteiger partial charge in [-0.15, -0.1) is 0 Å². The van der Waals surface area contributed by atoms with E-state index in [0.29, 0.717) is 5.52 Å². The molecule has 0 aliphatic heterocycles. The van der Waals surface area contributed by atoms with Gasteiger partial charge in [0.05, 0.1) is 5.52 Å². The minimum absolute atomic E-state index is 0.00496. The van der Waals surface area contributed by atoms with Crippen LogP contribution in [0, 0.1) is 0 Å². The number of hydrogen-bond donors (Lipinski definition) is 2. The quantitative estimate of drug-likeness (QED) is 0.887. The molecule has 1 unspecified atom stereocenters. The lowest BCUT2D eigenvalue weighted by Gasteiger charge is -2.10. The number of imidazole rings is 1. The summed E-state index contributed by atoms with van der Waals surface area (Å²) >= 11 is 0. The topological polar surface area (TPSA) is 75.5 Å². The third-order valence-corrected chi connectivity index (χ3v) is 3.38. The van der Waals surface area contributed by atoms with Gasteiger partial charge in [0.2, 0.25) is 5.82 Å². The number of hydrogen-bond acceptors (Lipinski definition) is 3. The number of nitrogens with zero attached hydrogens (tertiary/aromatic N) is 2. The summed E-state index contributed by atoms with van der Waals surface area (Å²) in [4.78, 5) is 28.9. The van der Waals surface area contributed by atoms with Crippen molar-refractivity contribution >= 4 is 17.3 Å². The maximum atomic E-state index is 12.4. The van der Waals surface area contributed by atoms with Crippen molar-refractivity contribution in [2.45, 2.75) is 46.2 Å². The summed E-state index contributed by atoms with van der Waals surface area (Å²) in [6.45, 7) is 7.69. The second-order valence-electron chi connectivity index (χ2n) is 5.65. The van der Waals surface area contributed by atoms with Gasteiger partial charge >= 0.3 is 0 Å². The number of rotatable bonds is 5. The van der Waals surface area contributed by atoms with Crippen molar-refractivity contribution in [2.75, 3.05) is 0 Å². The van der Waals surface area contributed by atoms with E-state index in [1.807, 2.05) is 33.8 Å². The first kappa shape index (κ1) is 16.0. The van der Waals surface area contributed by atoms with Gasteiger partial charge in [-0.25, -0.2) is 4.98 Å². The molecule has 0 aliphatic rings. The highest BCUT2D eigenvalue weighted by Gasteiger charge is 2.22. The molecule has 2 amide bonds. The van der Waals surface area contributed by atoms with Crippen molar-refractivity contribution in [1.82, 2.24) is 20.0 Å². The summed E-state index contributed by atoms with van der Waals surface area (Å²) in [5, 5.41) is 5.69. The number of aromatic nitrogens is 2. The van der Waals surface area contributed by atoms with E-state index in [4.69, 9.17) is 0 Å². The average molecular weight is 302 g/mol. The Hall–Kier alpha value is -2.37. The molecule has 2 N–H and O–H groups in total. The van der Waals surface area contributed by atoms with Crippen molar-refractivity contribution in [3.63, 3.8) is 0 Å². The maximum Gasteiger partial charge on any atom is 0.287 e. The summed E-state index contributed by atoms with van der Waals surface area (Å²) in [5.74, 6) is -0.328. The Morgan fingerprint density at radius 2 is 1.91 bits per heavy atom. The zero-order chi connectivity index (χ0) is 16.3. The normalized spacial score (nSPS) is 12.4. The smallest absolute Gasteiger partial charge is 0.287 e. The molecule has 0 fully saturated rings. The third kappa shape index (κ3) is 3.27. The number of amides is 2. The van der Waals surface area contributed by atoms with E-state index in [9.17, 15) is 9.59 Å². The second kappa shape index (κ2) is 6.60. The zero-order valence-electron chi connectivity index (χ0n) is 13.4. The van der Waals surface area contributed by atoms with Gasteiger partial charge in [0.25, 0.3) is 11.8 Å². The summed E-state index contributed by atoms with van der Waals surface area (Å²) in [5.41, 5.74) is 0.888. The number of fused-ring (bicyclic) bond motifs is 1. The molecule has 0 spiro atoms. The van der Waals surface area contributed by atoms with E-state index in [1.54, 1.807) is 22.7 Å². The summed E-state index contributed by atoms with van der Waals surface area (Å²) in [7, 11) is 0. The van der Waals surface area contributed by atoms with E-state index in [2.05, 4.69) is 15.6 Å². The molecule has 0 radical (unpaired) electrons. The van der Waals surface area contributed by atoms with Crippen molar-refractivity contribution < 1.29 is 9.59 Å². The molecule has 22 heavy (non-hydrogen) atoms. The van der Waals surface area contributed by atoms with Gasteiger partial charge in [-0.3, -0.25) is 14.0 Å². The molecular formula is C16H22N4O2. The van der Waals surface area contributed by atoms with Crippen molar-refractivity contribution in [3.8, 4) is 0 Å². The number of pyridine rings is 1. The third-order valence-electron chi connectivity index (χ3n) is 3.38. The van der Waals surface area contributed by atoms with Crippen LogP contribution in [0.4, 0.5) is 0 Å². The molecule has 1 atom stereocenters. The van der Waals surface area contributed by atoms with Crippen LogP contribution in [0.3, 0.4) is 0 Å². The first-order valence-electron chi connectivity index (χ1n) is 7.52. The fourth-order valence-electron chi connectivity index (χ4n) is 2.09. The molecule has 6 nitrogen and oxygen atoms in total. The number of nitrogens with one attached hydrogen (secondary N) is 2. The molecule has 0 bridgehead atoms. The van der Waals surface area contributed by atoms with Gasteiger partial charge in [-0.2, -0.15) is 0 Å². The van der Waals surface area contributed by atoms with Gasteiger partial charge in [-0.1, -0.05) is 13.0 Å². The van der Waals surface area contributed by atoms with E-state index >= 15 is 0 Å². The van der Waals surface area contributed by atoms with Gasteiger partial charge < -0.3 is 10.6 Å². The highest BCUT2D eigenvalue weighted by molar-refractivity contribution is 6.02. The van der Waals surface area contributed by atoms with Crippen LogP contribution in [-0.2, 0) is 0 Å². The molecule has 6 heteroatoms. The SMILES string of the molecule is CCC(C)NC(=O)c1nc(C(=O)NC(C)C)c2ccccn12. The lowest BCUT2D eigenvalue weighted by molar-refractivity contribution is 0.0928. The van der Waals surface area contributed by atoms with Crippen LogP contribution < -0.4 is 10.6 Å². The van der Waals surface area contributed by atoms with Crippen molar-refractivity contribution in [1.29, 1.82) is 0 Å². The van der Waals surface area contributed by atoms with Crippen LogP contribution in [0.25, 0.3) is 5.52 Å². The van der Waals surface area contributed by atoms with Crippen LogP contribution in [-0.4, -0.2) is 33.3 Å². The monoisotopic (exact) mass is 302 g/mol. The van der Waals surface area contributed by atoms with Crippen LogP contribution in [0.2, 0.25) is 0 Å². The summed E-state index contributed by atoms with van der Waals surface area (Å²) in [6, 6.07) is 5.46. The summed E-state index contributed by atoms with van der Waals surface area (Å²) < 4.78 is 1.65. The predicted molar refractivity (Wildman–Crippen MR) is 85.0 cm³/mol. The first-order valence-corrected chi connectivity index (χ1v) is 7.52. The first-order chi connectivity index (χ1) is 10.4. The van der Waals surface area contributed by atoms with Crippen LogP contribution >= 0.6 is 0 Å². The van der Waals surface area contributed by atoms with Crippen LogP contribution in [0.1, 0.15) is 55.2 Å². The Balaban J connectivity index is 2.44. The second-order valence-corrected chi connectivity index (χ2v) is 5.65. The lowest BCUT2D eigenvalue weighted by atomic mass is 10.2. The molecule has 2 aromatic heterocycles. The van der Waals surface area contributed by atoms with Crippen LogP contribution in [0.15, 0.2) is 24.4 Å². The van der Waals surface area contributed by atoms with Crippen molar-refractivity contribution in [2.24, 2.45) is 0 Å². The van der Waals surface area contributed by atoms with E-state index < -0.39 is 0 Å². The Bertz CT molecular complexity index is 691. The van der Waals surface area contributed by atoms with Gasteiger partial charge in [-0.05, 0) is 39.3 Å². The Labute approximate surface area is 129 Å². The molecule has 0 saturated carbocycles. The Morgan fingerprint density at radius 3 is 2.55 bits per heavy atom. The molecule has 2 heterocycles. The Morgan fingerprint density at radius 1 is 1.18 bits per heavy atom. The molecule has 0 saturated heterocycles. The van der Waals surface area contributed by atoms with Gasteiger partial charge in [0.1, 0.15) is 0 Å². The van der Waals surface area contributed by atoms with Crippen LogP contribution in [0.5, 0.6) is 0 Å². The lowest BCUT2D eigenvalue weighted by Crippen LogP contribution is -2.33. The molecule has 2 aromatic rings. The highest BCUT2D eigenvalue weighted by Crippen LogP contribution is 2.13. The van der Waals surface area contributed by atoms with Gasteiger partial charge in [0.15, 0.2) is 5.69 Å². The fraction of sp³-hybridized carbons (Fsp3) is 0.438. The highest BCUT2D eigenvalue weighted by atomic mass is 16.2. The molecule has 0 aromatic carbocycles.